The van der Waals surface area contributed by atoms with Gasteiger partial charge in [0.2, 0.25) is 0 Å². The minimum Gasteiger partial charge on any atom is -0.450 e. The van der Waals surface area contributed by atoms with Gasteiger partial charge in [0.15, 0.2) is 0 Å². The Hall–Kier alpha value is -2.73. The van der Waals surface area contributed by atoms with Gasteiger partial charge in [0.05, 0.1) is 23.5 Å². The quantitative estimate of drug-likeness (QED) is 0.138. The van der Waals surface area contributed by atoms with E-state index < -0.39 is 12.0 Å². The number of ether oxygens (including phenoxy) is 1. The molecule has 2 aromatic carbocycles. The molecular formula is C31H32FN4NaO4S. The molecule has 0 atom stereocenters. The summed E-state index contributed by atoms with van der Waals surface area (Å²) in [6.45, 7) is 9.92. The van der Waals surface area contributed by atoms with Crippen LogP contribution in [-0.4, -0.2) is 56.2 Å². The van der Waals surface area contributed by atoms with E-state index in [2.05, 4.69) is 27.4 Å². The number of halogens is 1. The Balaban J connectivity index is 0.00000132. The fraction of sp³-hybridized carbons (Fsp3) is 0.323. The van der Waals surface area contributed by atoms with Crippen LogP contribution in [0.25, 0.3) is 22.3 Å². The molecule has 4 heterocycles. The summed E-state index contributed by atoms with van der Waals surface area (Å²) in [5.74, 6) is -0.486. The number of rotatable bonds is 6. The maximum absolute atomic E-state index is 14.2. The van der Waals surface area contributed by atoms with Crippen LogP contribution in [0.15, 0.2) is 58.2 Å². The van der Waals surface area contributed by atoms with E-state index in [1.807, 2.05) is 38.1 Å². The van der Waals surface area contributed by atoms with E-state index in [-0.39, 0.29) is 41.7 Å². The van der Waals surface area contributed by atoms with Gasteiger partial charge in [0.25, 0.3) is 5.56 Å². The molecule has 2 aliphatic rings. The molecule has 42 heavy (non-hydrogen) atoms. The summed E-state index contributed by atoms with van der Waals surface area (Å²) in [7, 11) is 0. The summed E-state index contributed by atoms with van der Waals surface area (Å²) in [5.41, 5.74) is 4.39. The molecule has 214 valence electrons. The van der Waals surface area contributed by atoms with E-state index in [0.29, 0.717) is 41.1 Å². The second-order valence-electron chi connectivity index (χ2n) is 9.74. The van der Waals surface area contributed by atoms with E-state index in [1.165, 1.54) is 11.0 Å². The van der Waals surface area contributed by atoms with Gasteiger partial charge < -0.3 is 14.4 Å². The number of carbonyl (C=O) groups is 1. The van der Waals surface area contributed by atoms with Crippen LogP contribution in [0.1, 0.15) is 36.1 Å². The van der Waals surface area contributed by atoms with Crippen molar-refractivity contribution in [1.29, 1.82) is 0 Å². The SMILES string of the molecule is CC.Cc1cc2n(c(=O)c1COC(=O)O)Cc1c-2nc2cc(F)[c-]cc2c1CN1CCN(Sc2ccccc2)CC1.[Na+]. The Morgan fingerprint density at radius 3 is 2.52 bits per heavy atom. The largest absolute Gasteiger partial charge is 1.00 e. The van der Waals surface area contributed by atoms with Gasteiger partial charge in [0.1, 0.15) is 6.61 Å². The first kappa shape index (κ1) is 32.2. The Kier molecular flexibility index (Phi) is 10.9. The van der Waals surface area contributed by atoms with E-state index in [4.69, 9.17) is 14.8 Å². The van der Waals surface area contributed by atoms with Crippen molar-refractivity contribution in [2.75, 3.05) is 26.2 Å². The smallest absolute Gasteiger partial charge is 0.450 e. The van der Waals surface area contributed by atoms with Gasteiger partial charge in [-0.05, 0) is 53.7 Å². The van der Waals surface area contributed by atoms with Crippen LogP contribution in [0.3, 0.4) is 0 Å². The summed E-state index contributed by atoms with van der Waals surface area (Å²) >= 11 is 1.76. The number of piperazine rings is 1. The van der Waals surface area contributed by atoms with E-state index in [9.17, 15) is 14.0 Å². The van der Waals surface area contributed by atoms with Gasteiger partial charge in [-0.2, -0.15) is 6.07 Å². The Labute approximate surface area is 270 Å². The molecule has 2 aliphatic heterocycles. The molecule has 1 fully saturated rings. The number of aryl methyl sites for hydroxylation is 1. The zero-order valence-corrected chi connectivity index (χ0v) is 27.1. The number of fused-ring (bicyclic) bond motifs is 4. The van der Waals surface area contributed by atoms with Crippen LogP contribution in [0.5, 0.6) is 0 Å². The Morgan fingerprint density at radius 1 is 1.12 bits per heavy atom. The predicted molar refractivity (Wildman–Crippen MR) is 157 cm³/mol. The molecule has 6 rings (SSSR count). The van der Waals surface area contributed by atoms with Crippen LogP contribution in [0, 0.1) is 18.8 Å². The van der Waals surface area contributed by atoms with Crippen molar-refractivity contribution in [2.45, 2.75) is 45.4 Å². The number of benzene rings is 2. The van der Waals surface area contributed by atoms with Crippen LogP contribution in [-0.2, 0) is 24.4 Å². The first-order valence-electron chi connectivity index (χ1n) is 13.7. The van der Waals surface area contributed by atoms with Gasteiger partial charge in [-0.3, -0.25) is 14.7 Å². The molecule has 0 amide bonds. The number of aromatic nitrogens is 2. The molecule has 0 radical (unpaired) electrons. The molecule has 0 unspecified atom stereocenters. The summed E-state index contributed by atoms with van der Waals surface area (Å²) in [6.07, 6.45) is -1.43. The third kappa shape index (κ3) is 6.74. The molecule has 0 saturated carbocycles. The van der Waals surface area contributed by atoms with Crippen molar-refractivity contribution in [3.05, 3.63) is 93.0 Å². The third-order valence-corrected chi connectivity index (χ3v) is 8.42. The number of nitrogens with zero attached hydrogens (tertiary/aromatic N) is 4. The van der Waals surface area contributed by atoms with Crippen molar-refractivity contribution in [3.63, 3.8) is 0 Å². The fourth-order valence-electron chi connectivity index (χ4n) is 5.31. The van der Waals surface area contributed by atoms with Crippen LogP contribution in [0.4, 0.5) is 9.18 Å². The monoisotopic (exact) mass is 598 g/mol. The van der Waals surface area contributed by atoms with Crippen LogP contribution in [0.2, 0.25) is 0 Å². The fourth-order valence-corrected chi connectivity index (χ4v) is 6.23. The predicted octanol–water partition coefficient (Wildman–Crippen LogP) is 2.72. The van der Waals surface area contributed by atoms with E-state index >= 15 is 0 Å². The normalized spacial score (nSPS) is 14.4. The second-order valence-corrected chi connectivity index (χ2v) is 10.9. The van der Waals surface area contributed by atoms with Crippen molar-refractivity contribution < 1.29 is 48.6 Å². The van der Waals surface area contributed by atoms with Crippen molar-refractivity contribution in [1.82, 2.24) is 18.8 Å². The van der Waals surface area contributed by atoms with E-state index in [1.54, 1.807) is 29.5 Å². The molecule has 0 aliphatic carbocycles. The topological polar surface area (TPSA) is 87.9 Å². The number of carboxylic acid groups (broad SMARTS) is 1. The summed E-state index contributed by atoms with van der Waals surface area (Å²) in [6, 6.07) is 17.9. The Morgan fingerprint density at radius 2 is 1.83 bits per heavy atom. The molecule has 8 nitrogen and oxygen atoms in total. The first-order chi connectivity index (χ1) is 19.9. The first-order valence-corrected chi connectivity index (χ1v) is 14.5. The molecule has 1 N–H and O–H groups in total. The molecule has 4 aromatic rings. The van der Waals surface area contributed by atoms with Gasteiger partial charge in [-0.1, -0.05) is 37.6 Å². The van der Waals surface area contributed by atoms with Gasteiger partial charge in [0, 0.05) is 43.4 Å². The van der Waals surface area contributed by atoms with Gasteiger partial charge >= 0.3 is 35.7 Å². The average Bonchev–Trinajstić information content (AvgIpc) is 3.33. The van der Waals surface area contributed by atoms with Crippen molar-refractivity contribution in [2.24, 2.45) is 0 Å². The van der Waals surface area contributed by atoms with Crippen molar-refractivity contribution in [3.8, 4) is 11.4 Å². The maximum atomic E-state index is 14.2. The second kappa shape index (κ2) is 14.2. The molecular weight excluding hydrogens is 566 g/mol. The number of hydrogen-bond donors (Lipinski definition) is 1. The minimum atomic E-state index is -1.43. The standard InChI is InChI=1S/C29H26FN4O4S.C2H6.Na/c1-18-13-26-27-23(16-34(26)28(35)24(18)17-38-29(36)37)22(21-8-7-19(30)14-25(21)31-27)15-32-9-11-33(12-10-32)39-20-5-3-2-4-6-20;1-2;/h2-6,8,13-14H,9-12,15-17H2,1H3,(H,36,37);1-2H3;/q-1;;+1. The van der Waals surface area contributed by atoms with Gasteiger partial charge in [-0.15, -0.1) is 17.5 Å². The average molecular weight is 599 g/mol. The molecule has 11 heteroatoms. The zero-order valence-electron chi connectivity index (χ0n) is 24.3. The van der Waals surface area contributed by atoms with Crippen LogP contribution < -0.4 is 35.1 Å². The number of hydrogen-bond acceptors (Lipinski definition) is 7. The summed E-state index contributed by atoms with van der Waals surface area (Å²) in [4.78, 5) is 32.7. The van der Waals surface area contributed by atoms with Gasteiger partial charge in [-0.25, -0.2) is 13.5 Å². The molecule has 1 saturated heterocycles. The van der Waals surface area contributed by atoms with Crippen molar-refractivity contribution >= 4 is 29.0 Å². The van der Waals surface area contributed by atoms with E-state index in [0.717, 1.165) is 42.7 Å². The Bertz CT molecular complexity index is 1640. The summed E-state index contributed by atoms with van der Waals surface area (Å²) < 4.78 is 22.9. The number of pyridine rings is 2. The summed E-state index contributed by atoms with van der Waals surface area (Å²) in [5, 5.41) is 9.74. The third-order valence-electron chi connectivity index (χ3n) is 7.31. The molecule has 0 spiro atoms. The zero-order chi connectivity index (χ0) is 29.1. The molecule has 2 aromatic heterocycles. The van der Waals surface area contributed by atoms with Crippen LogP contribution >= 0.6 is 11.9 Å². The minimum absolute atomic E-state index is 0. The maximum Gasteiger partial charge on any atom is 1.00 e. The molecule has 0 bridgehead atoms.